The maximum Gasteiger partial charge on any atom is 0.332 e. The number of hydrogen-bond acceptors (Lipinski definition) is 1. The van der Waals surface area contributed by atoms with Crippen molar-refractivity contribution in [3.63, 3.8) is 0 Å². The molecule has 0 aliphatic rings. The third kappa shape index (κ3) is 3.70. The summed E-state index contributed by atoms with van der Waals surface area (Å²) in [5, 5.41) is 14.1. The Morgan fingerprint density at radius 1 is 0.567 bits per heavy atom. The SMILES string of the molecule is O=C(O)C=C(c1ccccc1)[P+](c1ccccc1)(c1ccccc1)c1ccccc1. The minimum absolute atomic E-state index is 0.833. The molecule has 0 bridgehead atoms. The highest BCUT2D eigenvalue weighted by Crippen LogP contribution is 2.66. The summed E-state index contributed by atoms with van der Waals surface area (Å²) in [6.07, 6.45) is 1.40. The summed E-state index contributed by atoms with van der Waals surface area (Å²) in [5.74, 6) is -0.943. The third-order valence-corrected chi connectivity index (χ3v) is 9.45. The first-order valence-corrected chi connectivity index (χ1v) is 11.6. The first-order valence-electron chi connectivity index (χ1n) is 9.79. The van der Waals surface area contributed by atoms with Crippen molar-refractivity contribution in [2.75, 3.05) is 0 Å². The topological polar surface area (TPSA) is 37.3 Å². The molecule has 30 heavy (non-hydrogen) atoms. The van der Waals surface area contributed by atoms with Crippen molar-refractivity contribution < 1.29 is 9.90 Å². The van der Waals surface area contributed by atoms with Crippen molar-refractivity contribution in [3.05, 3.63) is 133 Å². The molecule has 0 aromatic heterocycles. The molecule has 0 unspecified atom stereocenters. The average Bonchev–Trinajstić information content (AvgIpc) is 2.81. The molecule has 0 amide bonds. The Kier molecular flexibility index (Phi) is 5.88. The van der Waals surface area contributed by atoms with Crippen LogP contribution in [0.5, 0.6) is 0 Å². The number of carboxylic acids is 1. The van der Waals surface area contributed by atoms with Crippen molar-refractivity contribution in [1.82, 2.24) is 0 Å². The van der Waals surface area contributed by atoms with Crippen molar-refractivity contribution >= 4 is 34.5 Å². The second-order valence-corrected chi connectivity index (χ2v) is 10.3. The molecule has 1 N–H and O–H groups in total. The van der Waals surface area contributed by atoms with Crippen LogP contribution in [0.4, 0.5) is 0 Å². The first-order chi connectivity index (χ1) is 14.7. The van der Waals surface area contributed by atoms with Gasteiger partial charge >= 0.3 is 5.97 Å². The van der Waals surface area contributed by atoms with E-state index in [-0.39, 0.29) is 0 Å². The van der Waals surface area contributed by atoms with Gasteiger partial charge in [0.05, 0.1) is 6.08 Å². The van der Waals surface area contributed by atoms with E-state index in [2.05, 4.69) is 36.4 Å². The van der Waals surface area contributed by atoms with E-state index in [4.69, 9.17) is 0 Å². The largest absolute Gasteiger partial charge is 0.478 e. The van der Waals surface area contributed by atoms with Gasteiger partial charge in [0, 0.05) is 5.56 Å². The lowest BCUT2D eigenvalue weighted by Gasteiger charge is -2.29. The second kappa shape index (κ2) is 8.90. The van der Waals surface area contributed by atoms with Crippen LogP contribution in [0.1, 0.15) is 5.56 Å². The molecule has 4 aromatic carbocycles. The monoisotopic (exact) mass is 409 g/mol. The molecule has 3 heteroatoms. The number of hydrogen-bond donors (Lipinski definition) is 1. The van der Waals surface area contributed by atoms with Gasteiger partial charge < -0.3 is 5.11 Å². The van der Waals surface area contributed by atoms with Crippen LogP contribution >= 0.6 is 7.26 Å². The molecule has 0 aliphatic heterocycles. The first kappa shape index (κ1) is 19.8. The summed E-state index contributed by atoms with van der Waals surface area (Å²) in [6.45, 7) is 0. The molecule has 0 saturated heterocycles. The molecule has 2 nitrogen and oxygen atoms in total. The van der Waals surface area contributed by atoms with E-state index in [9.17, 15) is 9.90 Å². The summed E-state index contributed by atoms with van der Waals surface area (Å²) in [4.78, 5) is 12.1. The fourth-order valence-electron chi connectivity index (χ4n) is 3.92. The van der Waals surface area contributed by atoms with Gasteiger partial charge in [0.1, 0.15) is 28.5 Å². The van der Waals surface area contributed by atoms with Gasteiger partial charge in [0.15, 0.2) is 0 Å². The number of aliphatic carboxylic acids is 1. The fourth-order valence-corrected chi connectivity index (χ4v) is 8.35. The van der Waals surface area contributed by atoms with E-state index in [1.807, 2.05) is 84.9 Å². The molecule has 0 fully saturated rings. The molecular weight excluding hydrogens is 387 g/mol. The average molecular weight is 409 g/mol. The zero-order valence-electron chi connectivity index (χ0n) is 16.4. The molecule has 0 atom stereocenters. The summed E-state index contributed by atoms with van der Waals surface area (Å²) in [7, 11) is -2.46. The van der Waals surface area contributed by atoms with E-state index in [0.29, 0.717) is 0 Å². The van der Waals surface area contributed by atoms with Crippen LogP contribution in [0, 0.1) is 0 Å². The summed E-state index contributed by atoms with van der Waals surface area (Å²) in [6, 6.07) is 40.7. The lowest BCUT2D eigenvalue weighted by Crippen LogP contribution is -2.32. The summed E-state index contributed by atoms with van der Waals surface area (Å²) >= 11 is 0. The van der Waals surface area contributed by atoms with Crippen molar-refractivity contribution in [1.29, 1.82) is 0 Å². The second-order valence-electron chi connectivity index (χ2n) is 6.91. The summed E-state index contributed by atoms with van der Waals surface area (Å²) < 4.78 is 0. The Balaban J connectivity index is 2.18. The van der Waals surface area contributed by atoms with Crippen molar-refractivity contribution in [2.24, 2.45) is 0 Å². The Labute approximate surface area is 177 Å². The van der Waals surface area contributed by atoms with E-state index in [1.54, 1.807) is 0 Å². The minimum atomic E-state index is -2.46. The number of rotatable bonds is 6. The summed E-state index contributed by atoms with van der Waals surface area (Å²) in [5.41, 5.74) is 0.921. The standard InChI is InChI=1S/C27H21O2P/c28-27(29)21-26(22-13-5-1-6-14-22)30(23-15-7-2-8-16-23,24-17-9-3-10-18-24)25-19-11-4-12-20-25/h1-21H/p+1. The van der Waals surface area contributed by atoms with E-state index < -0.39 is 13.2 Å². The van der Waals surface area contributed by atoms with Gasteiger partial charge in [-0.2, -0.15) is 0 Å². The van der Waals surface area contributed by atoms with Crippen LogP contribution in [0.3, 0.4) is 0 Å². The van der Waals surface area contributed by atoms with Crippen LogP contribution in [0.2, 0.25) is 0 Å². The van der Waals surface area contributed by atoms with Gasteiger partial charge in [-0.05, 0) is 36.4 Å². The molecule has 4 rings (SSSR count). The lowest BCUT2D eigenvalue weighted by atomic mass is 10.2. The predicted octanol–water partition coefficient (Wildman–Crippen LogP) is 5.11. The van der Waals surface area contributed by atoms with Crippen LogP contribution in [-0.4, -0.2) is 11.1 Å². The molecule has 4 aromatic rings. The van der Waals surface area contributed by atoms with Gasteiger partial charge in [-0.25, -0.2) is 4.79 Å². The van der Waals surface area contributed by atoms with E-state index >= 15 is 0 Å². The maximum atomic E-state index is 12.1. The maximum absolute atomic E-state index is 12.1. The van der Waals surface area contributed by atoms with Gasteiger partial charge in [-0.15, -0.1) is 0 Å². The number of benzene rings is 4. The molecule has 0 radical (unpaired) electrons. The molecular formula is C27H22O2P+. The zero-order valence-corrected chi connectivity index (χ0v) is 17.3. The number of carbonyl (C=O) groups is 1. The third-order valence-electron chi connectivity index (χ3n) is 5.12. The van der Waals surface area contributed by atoms with Crippen LogP contribution < -0.4 is 15.9 Å². The quantitative estimate of drug-likeness (QED) is 0.355. The van der Waals surface area contributed by atoms with Gasteiger partial charge in [-0.3, -0.25) is 0 Å². The van der Waals surface area contributed by atoms with Crippen molar-refractivity contribution in [3.8, 4) is 0 Å². The van der Waals surface area contributed by atoms with Gasteiger partial charge in [0.2, 0.25) is 0 Å². The highest BCUT2D eigenvalue weighted by Gasteiger charge is 2.50. The fraction of sp³-hybridized carbons (Fsp3) is 0. The smallest absolute Gasteiger partial charge is 0.332 e. The van der Waals surface area contributed by atoms with E-state index in [0.717, 1.165) is 26.8 Å². The van der Waals surface area contributed by atoms with Gasteiger partial charge in [-0.1, -0.05) is 84.9 Å². The van der Waals surface area contributed by atoms with Crippen LogP contribution in [0.15, 0.2) is 127 Å². The van der Waals surface area contributed by atoms with Crippen LogP contribution in [0.25, 0.3) is 5.31 Å². The Bertz CT molecular complexity index is 1040. The van der Waals surface area contributed by atoms with Crippen molar-refractivity contribution in [2.45, 2.75) is 0 Å². The molecule has 0 heterocycles. The Morgan fingerprint density at radius 2 is 0.900 bits per heavy atom. The molecule has 0 spiro atoms. The normalized spacial score (nSPS) is 11.8. The number of carboxylic acid groups (broad SMARTS) is 1. The molecule has 146 valence electrons. The van der Waals surface area contributed by atoms with Gasteiger partial charge in [0.25, 0.3) is 0 Å². The Hall–Kier alpha value is -3.48. The van der Waals surface area contributed by atoms with Crippen LogP contribution in [-0.2, 0) is 4.79 Å². The van der Waals surface area contributed by atoms with E-state index in [1.165, 1.54) is 6.08 Å². The Morgan fingerprint density at radius 3 is 1.23 bits per heavy atom. The highest BCUT2D eigenvalue weighted by atomic mass is 31.2. The lowest BCUT2D eigenvalue weighted by molar-refractivity contribution is -0.131. The zero-order chi connectivity index (χ0) is 20.8. The predicted molar refractivity (Wildman–Crippen MR) is 127 cm³/mol. The molecule has 0 aliphatic carbocycles. The molecule has 0 saturated carbocycles. The highest BCUT2D eigenvalue weighted by molar-refractivity contribution is 8.03. The minimum Gasteiger partial charge on any atom is -0.478 e.